The number of esters is 2. The average molecular weight is 555 g/mol. The molecular formula is C31H38O9. The summed E-state index contributed by atoms with van der Waals surface area (Å²) in [5.41, 5.74) is 0.727. The lowest BCUT2D eigenvalue weighted by molar-refractivity contribution is -0.154. The smallest absolute Gasteiger partial charge is 0.330 e. The molecule has 0 radical (unpaired) electrons. The maximum Gasteiger partial charge on any atom is 0.330 e. The summed E-state index contributed by atoms with van der Waals surface area (Å²) in [6, 6.07) is 14.4. The Hall–Kier alpha value is -3.95. The van der Waals surface area contributed by atoms with E-state index in [1.807, 2.05) is 38.1 Å². The van der Waals surface area contributed by atoms with Crippen molar-refractivity contribution in [3.63, 3.8) is 0 Å². The van der Waals surface area contributed by atoms with E-state index in [-0.39, 0.29) is 32.2 Å². The maximum absolute atomic E-state index is 13.5. The average Bonchev–Trinajstić information content (AvgIpc) is 2.99. The van der Waals surface area contributed by atoms with Crippen LogP contribution in [-0.4, -0.2) is 63.7 Å². The van der Waals surface area contributed by atoms with Crippen LogP contribution in [0.1, 0.15) is 43.1 Å². The van der Waals surface area contributed by atoms with Crippen molar-refractivity contribution in [2.24, 2.45) is 0 Å². The highest BCUT2D eigenvalue weighted by molar-refractivity contribution is 6.03. The van der Waals surface area contributed by atoms with Crippen molar-refractivity contribution in [3.8, 4) is 11.5 Å². The van der Waals surface area contributed by atoms with Crippen LogP contribution in [0, 0.1) is 0 Å². The second kappa shape index (κ2) is 16.9. The standard InChI is InChI=1S/C31H38O9/c1-6-28(32)39-21-18-36-23(4)35-17-19-37-27-15-11-25(12-16-27)31(5,8-3)30(34)24-9-13-26(14-10-24)38-20-22-40-29(33)7-2/h6-7,9-16,23H,1-2,8,17-22H2,3-5H3. The van der Waals surface area contributed by atoms with Gasteiger partial charge in [-0.25, -0.2) is 9.59 Å². The number of ether oxygens (including phenoxy) is 6. The molecule has 0 saturated carbocycles. The van der Waals surface area contributed by atoms with Gasteiger partial charge in [-0.05, 0) is 62.2 Å². The summed E-state index contributed by atoms with van der Waals surface area (Å²) >= 11 is 0. The van der Waals surface area contributed by atoms with E-state index in [2.05, 4.69) is 13.2 Å². The molecule has 216 valence electrons. The Bertz CT molecular complexity index is 1110. The third-order valence-electron chi connectivity index (χ3n) is 6.13. The first-order chi connectivity index (χ1) is 19.2. The van der Waals surface area contributed by atoms with Crippen LogP contribution in [0.5, 0.6) is 11.5 Å². The zero-order valence-electron chi connectivity index (χ0n) is 23.4. The Morgan fingerprint density at radius 2 is 1.20 bits per heavy atom. The van der Waals surface area contributed by atoms with Gasteiger partial charge in [-0.2, -0.15) is 0 Å². The van der Waals surface area contributed by atoms with E-state index >= 15 is 0 Å². The predicted molar refractivity (Wildman–Crippen MR) is 150 cm³/mol. The molecule has 2 aromatic rings. The molecule has 0 bridgehead atoms. The second-order valence-corrected chi connectivity index (χ2v) is 8.81. The molecule has 0 spiro atoms. The van der Waals surface area contributed by atoms with Gasteiger partial charge in [0.2, 0.25) is 0 Å². The van der Waals surface area contributed by atoms with Gasteiger partial charge in [0, 0.05) is 17.7 Å². The van der Waals surface area contributed by atoms with Crippen LogP contribution >= 0.6 is 0 Å². The second-order valence-electron chi connectivity index (χ2n) is 8.81. The summed E-state index contributed by atoms with van der Waals surface area (Å²) in [7, 11) is 0. The molecule has 0 aliphatic carbocycles. The first-order valence-electron chi connectivity index (χ1n) is 13.1. The van der Waals surface area contributed by atoms with Gasteiger partial charge in [-0.3, -0.25) is 4.79 Å². The summed E-state index contributed by atoms with van der Waals surface area (Å²) < 4.78 is 32.0. The van der Waals surface area contributed by atoms with E-state index in [9.17, 15) is 14.4 Å². The molecule has 0 fully saturated rings. The highest BCUT2D eigenvalue weighted by Crippen LogP contribution is 2.33. The van der Waals surface area contributed by atoms with Crippen LogP contribution in [0.3, 0.4) is 0 Å². The fourth-order valence-electron chi connectivity index (χ4n) is 3.63. The summed E-state index contributed by atoms with van der Waals surface area (Å²) in [5.74, 6) is 0.226. The molecule has 2 atom stereocenters. The molecular weight excluding hydrogens is 516 g/mol. The Balaban J connectivity index is 1.83. The lowest BCUT2D eigenvalue weighted by Gasteiger charge is -2.27. The monoisotopic (exact) mass is 554 g/mol. The summed E-state index contributed by atoms with van der Waals surface area (Å²) in [4.78, 5) is 35.5. The topological polar surface area (TPSA) is 107 Å². The molecule has 0 amide bonds. The van der Waals surface area contributed by atoms with Crippen LogP contribution in [0.2, 0.25) is 0 Å². The number of benzene rings is 2. The van der Waals surface area contributed by atoms with Crippen molar-refractivity contribution in [1.82, 2.24) is 0 Å². The summed E-state index contributed by atoms with van der Waals surface area (Å²) in [5, 5.41) is 0. The van der Waals surface area contributed by atoms with Gasteiger partial charge < -0.3 is 28.4 Å². The lowest BCUT2D eigenvalue weighted by Crippen LogP contribution is -2.32. The highest BCUT2D eigenvalue weighted by Gasteiger charge is 2.34. The third-order valence-corrected chi connectivity index (χ3v) is 6.13. The molecule has 0 saturated heterocycles. The van der Waals surface area contributed by atoms with Gasteiger partial charge in [0.1, 0.15) is 37.9 Å². The number of carbonyl (C=O) groups is 3. The van der Waals surface area contributed by atoms with Crippen LogP contribution in [0.25, 0.3) is 0 Å². The Labute approximate surface area is 235 Å². The minimum Gasteiger partial charge on any atom is -0.491 e. The number of ketones is 1. The van der Waals surface area contributed by atoms with Crippen molar-refractivity contribution in [2.75, 3.05) is 39.6 Å². The molecule has 9 heteroatoms. The third kappa shape index (κ3) is 10.3. The van der Waals surface area contributed by atoms with Crippen LogP contribution in [-0.2, 0) is 34.0 Å². The summed E-state index contributed by atoms with van der Waals surface area (Å²) in [6.07, 6.45) is 2.32. The van der Waals surface area contributed by atoms with Crippen molar-refractivity contribution in [3.05, 3.63) is 85.0 Å². The first kappa shape index (κ1) is 32.3. The SMILES string of the molecule is C=CC(=O)OCCOc1ccc(C(=O)C(C)(CC)c2ccc(OCCOC(C)OCCOC(=O)C=C)cc2)cc1. The fraction of sp³-hybridized carbons (Fsp3) is 0.387. The zero-order valence-corrected chi connectivity index (χ0v) is 23.4. The minimum absolute atomic E-state index is 0.00298. The molecule has 0 N–H and O–H groups in total. The van der Waals surface area contributed by atoms with E-state index in [4.69, 9.17) is 28.4 Å². The van der Waals surface area contributed by atoms with E-state index in [0.29, 0.717) is 36.7 Å². The van der Waals surface area contributed by atoms with Gasteiger partial charge in [0.15, 0.2) is 12.1 Å². The van der Waals surface area contributed by atoms with Crippen LogP contribution < -0.4 is 9.47 Å². The van der Waals surface area contributed by atoms with Gasteiger partial charge >= 0.3 is 11.9 Å². The predicted octanol–water partition coefficient (Wildman–Crippen LogP) is 4.83. The van der Waals surface area contributed by atoms with Crippen molar-refractivity contribution >= 4 is 17.7 Å². The molecule has 40 heavy (non-hydrogen) atoms. The molecule has 2 rings (SSSR count). The normalized spacial score (nSPS) is 12.9. The molecule has 0 aliphatic heterocycles. The zero-order chi connectivity index (χ0) is 29.4. The van der Waals surface area contributed by atoms with E-state index in [0.717, 1.165) is 17.7 Å². The Kier molecular flexibility index (Phi) is 13.6. The minimum atomic E-state index is -0.727. The molecule has 0 aromatic heterocycles. The van der Waals surface area contributed by atoms with E-state index in [1.165, 1.54) is 0 Å². The van der Waals surface area contributed by atoms with Crippen LogP contribution in [0.15, 0.2) is 73.8 Å². The first-order valence-corrected chi connectivity index (χ1v) is 13.1. The molecule has 0 aliphatic rings. The molecule has 0 heterocycles. The number of rotatable bonds is 19. The van der Waals surface area contributed by atoms with Crippen LogP contribution in [0.4, 0.5) is 0 Å². The number of hydrogen-bond acceptors (Lipinski definition) is 9. The van der Waals surface area contributed by atoms with Gasteiger partial charge in [-0.1, -0.05) is 32.2 Å². The fourth-order valence-corrected chi connectivity index (χ4v) is 3.63. The Morgan fingerprint density at radius 3 is 1.70 bits per heavy atom. The number of hydrogen-bond donors (Lipinski definition) is 0. The quantitative estimate of drug-likeness (QED) is 0.0793. The van der Waals surface area contributed by atoms with E-state index in [1.54, 1.807) is 31.2 Å². The molecule has 9 nitrogen and oxygen atoms in total. The van der Waals surface area contributed by atoms with E-state index < -0.39 is 23.6 Å². The van der Waals surface area contributed by atoms with Crippen molar-refractivity contribution < 1.29 is 42.8 Å². The van der Waals surface area contributed by atoms with Gasteiger partial charge in [0.25, 0.3) is 0 Å². The van der Waals surface area contributed by atoms with Crippen molar-refractivity contribution in [1.29, 1.82) is 0 Å². The number of carbonyl (C=O) groups excluding carboxylic acids is 3. The Morgan fingerprint density at radius 1 is 0.750 bits per heavy atom. The largest absolute Gasteiger partial charge is 0.491 e. The summed E-state index contributed by atoms with van der Waals surface area (Å²) in [6.45, 7) is 13.6. The number of Topliss-reactive ketones (excluding diaryl/α,β-unsaturated/α-hetero) is 1. The maximum atomic E-state index is 13.5. The molecule has 2 unspecified atom stereocenters. The van der Waals surface area contributed by atoms with Gasteiger partial charge in [-0.15, -0.1) is 0 Å². The molecule has 2 aromatic carbocycles. The van der Waals surface area contributed by atoms with Crippen molar-refractivity contribution in [2.45, 2.75) is 38.9 Å². The highest BCUT2D eigenvalue weighted by atomic mass is 16.7. The lowest BCUT2D eigenvalue weighted by atomic mass is 9.74. The van der Waals surface area contributed by atoms with Gasteiger partial charge in [0.05, 0.1) is 18.6 Å².